The summed E-state index contributed by atoms with van der Waals surface area (Å²) in [5.74, 6) is 0. The highest BCUT2D eigenvalue weighted by Gasteiger charge is 2.06. The SMILES string of the molecule is Cc1ccc(Sc2cc(Br)ccc2CCN)cc1C. The minimum Gasteiger partial charge on any atom is -0.330 e. The van der Waals surface area contributed by atoms with Gasteiger partial charge in [-0.15, -0.1) is 0 Å². The van der Waals surface area contributed by atoms with Crippen molar-refractivity contribution in [3.05, 3.63) is 57.6 Å². The molecule has 2 aromatic carbocycles. The number of rotatable bonds is 4. The van der Waals surface area contributed by atoms with Crippen LogP contribution in [0.5, 0.6) is 0 Å². The molecule has 0 amide bonds. The number of aryl methyl sites for hydroxylation is 2. The van der Waals surface area contributed by atoms with Gasteiger partial charge in [0, 0.05) is 14.3 Å². The highest BCUT2D eigenvalue weighted by Crippen LogP contribution is 2.33. The van der Waals surface area contributed by atoms with Crippen LogP contribution in [0, 0.1) is 13.8 Å². The molecule has 0 radical (unpaired) electrons. The molecule has 2 aromatic rings. The van der Waals surface area contributed by atoms with Crippen LogP contribution in [-0.4, -0.2) is 6.54 Å². The summed E-state index contributed by atoms with van der Waals surface area (Å²) in [6.45, 7) is 4.98. The van der Waals surface area contributed by atoms with Gasteiger partial charge in [0.1, 0.15) is 0 Å². The fraction of sp³-hybridized carbons (Fsp3) is 0.250. The van der Waals surface area contributed by atoms with Gasteiger partial charge in [-0.1, -0.05) is 39.8 Å². The summed E-state index contributed by atoms with van der Waals surface area (Å²) in [7, 11) is 0. The van der Waals surface area contributed by atoms with Gasteiger partial charge in [-0.2, -0.15) is 0 Å². The van der Waals surface area contributed by atoms with E-state index in [1.807, 2.05) is 0 Å². The van der Waals surface area contributed by atoms with Gasteiger partial charge in [0.25, 0.3) is 0 Å². The second kappa shape index (κ2) is 6.60. The van der Waals surface area contributed by atoms with Crippen molar-refractivity contribution in [1.82, 2.24) is 0 Å². The highest BCUT2D eigenvalue weighted by atomic mass is 79.9. The lowest BCUT2D eigenvalue weighted by molar-refractivity contribution is 0.943. The molecule has 2 N–H and O–H groups in total. The third kappa shape index (κ3) is 3.85. The van der Waals surface area contributed by atoms with Crippen LogP contribution in [0.15, 0.2) is 50.7 Å². The maximum Gasteiger partial charge on any atom is 0.0186 e. The molecule has 0 aliphatic carbocycles. The summed E-state index contributed by atoms with van der Waals surface area (Å²) in [5.41, 5.74) is 9.67. The molecule has 0 bridgehead atoms. The Balaban J connectivity index is 2.30. The van der Waals surface area contributed by atoms with Crippen LogP contribution in [0.1, 0.15) is 16.7 Å². The summed E-state index contributed by atoms with van der Waals surface area (Å²) in [4.78, 5) is 2.56. The third-order valence-corrected chi connectivity index (χ3v) is 4.73. The van der Waals surface area contributed by atoms with Crippen LogP contribution in [0.25, 0.3) is 0 Å². The van der Waals surface area contributed by atoms with Crippen molar-refractivity contribution >= 4 is 27.7 Å². The van der Waals surface area contributed by atoms with Gasteiger partial charge in [0.15, 0.2) is 0 Å². The maximum atomic E-state index is 5.68. The number of benzene rings is 2. The monoisotopic (exact) mass is 335 g/mol. The average Bonchev–Trinajstić information content (AvgIpc) is 2.37. The van der Waals surface area contributed by atoms with Gasteiger partial charge in [-0.3, -0.25) is 0 Å². The van der Waals surface area contributed by atoms with E-state index in [0.29, 0.717) is 6.54 Å². The van der Waals surface area contributed by atoms with Gasteiger partial charge >= 0.3 is 0 Å². The Morgan fingerprint density at radius 3 is 2.53 bits per heavy atom. The van der Waals surface area contributed by atoms with Gasteiger partial charge < -0.3 is 5.73 Å². The zero-order valence-corrected chi connectivity index (χ0v) is 13.6. The molecule has 0 atom stereocenters. The molecule has 0 aliphatic rings. The van der Waals surface area contributed by atoms with E-state index in [9.17, 15) is 0 Å². The second-order valence-corrected chi connectivity index (χ2v) is 6.67. The quantitative estimate of drug-likeness (QED) is 0.874. The van der Waals surface area contributed by atoms with E-state index in [1.54, 1.807) is 11.8 Å². The van der Waals surface area contributed by atoms with Crippen molar-refractivity contribution < 1.29 is 0 Å². The maximum absolute atomic E-state index is 5.68. The average molecular weight is 336 g/mol. The van der Waals surface area contributed by atoms with Gasteiger partial charge in [-0.25, -0.2) is 0 Å². The van der Waals surface area contributed by atoms with E-state index in [-0.39, 0.29) is 0 Å². The molecule has 0 unspecified atom stereocenters. The third-order valence-electron chi connectivity index (χ3n) is 3.15. The Hall–Kier alpha value is -0.770. The Morgan fingerprint density at radius 1 is 1.05 bits per heavy atom. The molecule has 0 fully saturated rings. The smallest absolute Gasteiger partial charge is 0.0186 e. The summed E-state index contributed by atoms with van der Waals surface area (Å²) >= 11 is 5.35. The molecule has 0 saturated heterocycles. The first-order chi connectivity index (χ1) is 9.10. The van der Waals surface area contributed by atoms with Crippen molar-refractivity contribution in [2.75, 3.05) is 6.54 Å². The predicted molar refractivity (Wildman–Crippen MR) is 86.9 cm³/mol. The molecule has 2 rings (SSSR count). The van der Waals surface area contributed by atoms with Crippen LogP contribution in [0.2, 0.25) is 0 Å². The molecule has 0 aromatic heterocycles. The Kier molecular flexibility index (Phi) is 5.08. The first-order valence-corrected chi connectivity index (χ1v) is 7.94. The van der Waals surface area contributed by atoms with Gasteiger partial charge in [-0.05, 0) is 67.8 Å². The molecule has 100 valence electrons. The zero-order chi connectivity index (χ0) is 13.8. The van der Waals surface area contributed by atoms with Crippen molar-refractivity contribution in [3.8, 4) is 0 Å². The van der Waals surface area contributed by atoms with Crippen molar-refractivity contribution in [3.63, 3.8) is 0 Å². The molecule has 19 heavy (non-hydrogen) atoms. The molecule has 1 nitrogen and oxygen atoms in total. The number of hydrogen-bond donors (Lipinski definition) is 1. The van der Waals surface area contributed by atoms with Crippen LogP contribution >= 0.6 is 27.7 Å². The molecule has 0 spiro atoms. The fourth-order valence-corrected chi connectivity index (χ4v) is 3.52. The summed E-state index contributed by atoms with van der Waals surface area (Å²) in [6.07, 6.45) is 0.917. The Morgan fingerprint density at radius 2 is 1.84 bits per heavy atom. The largest absolute Gasteiger partial charge is 0.330 e. The van der Waals surface area contributed by atoms with Crippen LogP contribution in [0.4, 0.5) is 0 Å². The lowest BCUT2D eigenvalue weighted by Gasteiger charge is -2.10. The lowest BCUT2D eigenvalue weighted by atomic mass is 10.1. The minimum absolute atomic E-state index is 0.683. The van der Waals surface area contributed by atoms with Crippen LogP contribution < -0.4 is 5.73 Å². The number of nitrogens with two attached hydrogens (primary N) is 1. The molecule has 0 saturated carbocycles. The predicted octanol–water partition coefficient (Wildman–Crippen LogP) is 4.72. The van der Waals surface area contributed by atoms with E-state index in [2.05, 4.69) is 66.2 Å². The summed E-state index contributed by atoms with van der Waals surface area (Å²) in [5, 5.41) is 0. The van der Waals surface area contributed by atoms with E-state index >= 15 is 0 Å². The van der Waals surface area contributed by atoms with Crippen molar-refractivity contribution in [1.29, 1.82) is 0 Å². The van der Waals surface area contributed by atoms with Crippen molar-refractivity contribution in [2.24, 2.45) is 5.73 Å². The summed E-state index contributed by atoms with van der Waals surface area (Å²) in [6, 6.07) is 13.0. The zero-order valence-electron chi connectivity index (χ0n) is 11.2. The fourth-order valence-electron chi connectivity index (χ4n) is 1.89. The molecule has 0 heterocycles. The highest BCUT2D eigenvalue weighted by molar-refractivity contribution is 9.10. The Bertz CT molecular complexity index is 581. The summed E-state index contributed by atoms with van der Waals surface area (Å²) < 4.78 is 1.11. The molecular weight excluding hydrogens is 318 g/mol. The van der Waals surface area contributed by atoms with Gasteiger partial charge in [0.2, 0.25) is 0 Å². The second-order valence-electron chi connectivity index (χ2n) is 4.64. The number of hydrogen-bond acceptors (Lipinski definition) is 2. The molecule has 3 heteroatoms. The topological polar surface area (TPSA) is 26.0 Å². The van der Waals surface area contributed by atoms with E-state index in [1.165, 1.54) is 26.5 Å². The van der Waals surface area contributed by atoms with E-state index in [0.717, 1.165) is 10.9 Å². The first kappa shape index (κ1) is 14.6. The first-order valence-electron chi connectivity index (χ1n) is 6.34. The molecular formula is C16H18BrNS. The van der Waals surface area contributed by atoms with Gasteiger partial charge in [0.05, 0.1) is 0 Å². The van der Waals surface area contributed by atoms with E-state index in [4.69, 9.17) is 5.73 Å². The Labute approximate surface area is 127 Å². The van der Waals surface area contributed by atoms with E-state index < -0.39 is 0 Å². The van der Waals surface area contributed by atoms with Crippen LogP contribution in [0.3, 0.4) is 0 Å². The number of halogens is 1. The normalized spacial score (nSPS) is 10.7. The molecule has 0 aliphatic heterocycles. The van der Waals surface area contributed by atoms with Crippen molar-refractivity contribution in [2.45, 2.75) is 30.1 Å². The minimum atomic E-state index is 0.683. The lowest BCUT2D eigenvalue weighted by Crippen LogP contribution is -2.03. The standard InChI is InChI=1S/C16H18BrNS/c1-11-3-6-15(9-12(11)2)19-16-10-14(17)5-4-13(16)7-8-18/h3-6,9-10H,7-8,18H2,1-2H3. The van der Waals surface area contributed by atoms with Crippen LogP contribution in [-0.2, 0) is 6.42 Å².